The Morgan fingerprint density at radius 1 is 1.33 bits per heavy atom. The van der Waals surface area contributed by atoms with E-state index in [2.05, 4.69) is 4.90 Å². The van der Waals surface area contributed by atoms with Crippen LogP contribution in [0.2, 0.25) is 5.02 Å². The Kier molecular flexibility index (Phi) is 5.26. The van der Waals surface area contributed by atoms with Gasteiger partial charge >= 0.3 is 0 Å². The lowest BCUT2D eigenvalue weighted by Gasteiger charge is -2.26. The number of hydrogen-bond donors (Lipinski definition) is 1. The predicted molar refractivity (Wildman–Crippen MR) is 72.1 cm³/mol. The molecule has 0 saturated carbocycles. The predicted octanol–water partition coefficient (Wildman–Crippen LogP) is 1.51. The van der Waals surface area contributed by atoms with E-state index in [0.717, 1.165) is 44.2 Å². The van der Waals surface area contributed by atoms with Crippen LogP contribution in [0, 0.1) is 0 Å². The van der Waals surface area contributed by atoms with Gasteiger partial charge in [0.05, 0.1) is 13.2 Å². The molecule has 0 atom stereocenters. The third-order valence-corrected chi connectivity index (χ3v) is 3.25. The van der Waals surface area contributed by atoms with Gasteiger partial charge < -0.3 is 15.2 Å². The molecule has 1 saturated heterocycles. The Morgan fingerprint density at radius 2 is 2.11 bits per heavy atom. The van der Waals surface area contributed by atoms with E-state index in [1.807, 2.05) is 18.2 Å². The Balaban J connectivity index is 1.83. The first kappa shape index (κ1) is 13.6. The van der Waals surface area contributed by atoms with Crippen molar-refractivity contribution in [3.8, 4) is 5.75 Å². The van der Waals surface area contributed by atoms with Crippen molar-refractivity contribution in [2.75, 3.05) is 39.5 Å². The highest BCUT2D eigenvalue weighted by Gasteiger charge is 2.10. The Bertz CT molecular complexity index is 381. The summed E-state index contributed by atoms with van der Waals surface area (Å²) in [5.74, 6) is 0.790. The van der Waals surface area contributed by atoms with Crippen molar-refractivity contribution in [3.63, 3.8) is 0 Å². The minimum absolute atomic E-state index is 0.462. The topological polar surface area (TPSA) is 47.7 Å². The SMILES string of the molecule is NCc1ccc(Cl)cc1OCCN1CCOCC1. The van der Waals surface area contributed by atoms with Gasteiger partial charge in [-0.3, -0.25) is 4.90 Å². The second kappa shape index (κ2) is 6.95. The summed E-state index contributed by atoms with van der Waals surface area (Å²) in [5, 5.41) is 0.675. The molecule has 100 valence electrons. The molecule has 0 aromatic heterocycles. The van der Waals surface area contributed by atoms with Crippen molar-refractivity contribution in [3.05, 3.63) is 28.8 Å². The van der Waals surface area contributed by atoms with Crippen LogP contribution in [0.3, 0.4) is 0 Å². The monoisotopic (exact) mass is 270 g/mol. The molecule has 5 heteroatoms. The number of hydrogen-bond acceptors (Lipinski definition) is 4. The third-order valence-electron chi connectivity index (χ3n) is 3.02. The summed E-state index contributed by atoms with van der Waals surface area (Å²) < 4.78 is 11.1. The van der Waals surface area contributed by atoms with Crippen molar-refractivity contribution in [1.29, 1.82) is 0 Å². The first-order valence-electron chi connectivity index (χ1n) is 6.21. The summed E-state index contributed by atoms with van der Waals surface area (Å²) in [6.07, 6.45) is 0. The fourth-order valence-corrected chi connectivity index (χ4v) is 2.10. The van der Waals surface area contributed by atoms with Crippen LogP contribution in [-0.2, 0) is 11.3 Å². The highest BCUT2D eigenvalue weighted by Crippen LogP contribution is 2.23. The molecule has 1 aromatic carbocycles. The number of rotatable bonds is 5. The summed E-state index contributed by atoms with van der Waals surface area (Å²) in [6.45, 7) is 5.58. The highest BCUT2D eigenvalue weighted by atomic mass is 35.5. The van der Waals surface area contributed by atoms with Gasteiger partial charge in [0.1, 0.15) is 12.4 Å². The van der Waals surface area contributed by atoms with Gasteiger partial charge in [0.2, 0.25) is 0 Å². The molecule has 0 amide bonds. The summed E-state index contributed by atoms with van der Waals surface area (Å²) in [4.78, 5) is 2.33. The van der Waals surface area contributed by atoms with Gasteiger partial charge in [-0.05, 0) is 12.1 Å². The minimum Gasteiger partial charge on any atom is -0.492 e. The van der Waals surface area contributed by atoms with Crippen molar-refractivity contribution in [1.82, 2.24) is 4.90 Å². The van der Waals surface area contributed by atoms with Gasteiger partial charge in [-0.25, -0.2) is 0 Å². The maximum absolute atomic E-state index is 5.95. The number of morpholine rings is 1. The molecule has 4 nitrogen and oxygen atoms in total. The maximum Gasteiger partial charge on any atom is 0.125 e. The molecule has 1 aliphatic rings. The molecule has 0 unspecified atom stereocenters. The molecule has 2 N–H and O–H groups in total. The van der Waals surface area contributed by atoms with Crippen LogP contribution < -0.4 is 10.5 Å². The molecule has 1 aliphatic heterocycles. The van der Waals surface area contributed by atoms with Crippen LogP contribution in [0.1, 0.15) is 5.56 Å². The average molecular weight is 271 g/mol. The van der Waals surface area contributed by atoms with Crippen molar-refractivity contribution in [2.24, 2.45) is 5.73 Å². The van der Waals surface area contributed by atoms with Gasteiger partial charge in [0.15, 0.2) is 0 Å². The van der Waals surface area contributed by atoms with Gasteiger partial charge in [0, 0.05) is 36.8 Å². The second-order valence-electron chi connectivity index (χ2n) is 4.26. The van der Waals surface area contributed by atoms with Crippen LogP contribution in [-0.4, -0.2) is 44.4 Å². The zero-order valence-electron chi connectivity index (χ0n) is 10.4. The Hall–Kier alpha value is -0.810. The molecule has 1 heterocycles. The molecule has 0 radical (unpaired) electrons. The quantitative estimate of drug-likeness (QED) is 0.881. The zero-order chi connectivity index (χ0) is 12.8. The zero-order valence-corrected chi connectivity index (χ0v) is 11.2. The summed E-state index contributed by atoms with van der Waals surface area (Å²) in [6, 6.07) is 5.56. The van der Waals surface area contributed by atoms with Gasteiger partial charge in [-0.2, -0.15) is 0 Å². The van der Waals surface area contributed by atoms with E-state index in [4.69, 9.17) is 26.8 Å². The molecule has 2 rings (SSSR count). The van der Waals surface area contributed by atoms with Crippen LogP contribution in [0.4, 0.5) is 0 Å². The Morgan fingerprint density at radius 3 is 2.83 bits per heavy atom. The van der Waals surface area contributed by atoms with E-state index in [0.29, 0.717) is 18.2 Å². The number of benzene rings is 1. The summed E-state index contributed by atoms with van der Waals surface area (Å²) in [5.41, 5.74) is 6.65. The molecular formula is C13H19ClN2O2. The number of halogens is 1. The van der Waals surface area contributed by atoms with Gasteiger partial charge in [0.25, 0.3) is 0 Å². The van der Waals surface area contributed by atoms with Crippen LogP contribution in [0.15, 0.2) is 18.2 Å². The highest BCUT2D eigenvalue weighted by molar-refractivity contribution is 6.30. The standard InChI is InChI=1S/C13H19ClN2O2/c14-12-2-1-11(10-15)13(9-12)18-8-5-16-3-6-17-7-4-16/h1-2,9H,3-8,10,15H2. The molecule has 0 bridgehead atoms. The lowest BCUT2D eigenvalue weighted by molar-refractivity contribution is 0.0322. The minimum atomic E-state index is 0.462. The number of nitrogens with two attached hydrogens (primary N) is 1. The van der Waals surface area contributed by atoms with Crippen molar-refractivity contribution >= 4 is 11.6 Å². The first-order valence-corrected chi connectivity index (χ1v) is 6.59. The lowest BCUT2D eigenvalue weighted by atomic mass is 10.2. The van der Waals surface area contributed by atoms with E-state index in [1.54, 1.807) is 0 Å². The molecule has 1 fully saturated rings. The molecule has 1 aromatic rings. The maximum atomic E-state index is 5.95. The van der Waals surface area contributed by atoms with Crippen molar-refractivity contribution < 1.29 is 9.47 Å². The van der Waals surface area contributed by atoms with Crippen molar-refractivity contribution in [2.45, 2.75) is 6.54 Å². The van der Waals surface area contributed by atoms with E-state index < -0.39 is 0 Å². The average Bonchev–Trinajstić information content (AvgIpc) is 2.40. The molecule has 18 heavy (non-hydrogen) atoms. The fraction of sp³-hybridized carbons (Fsp3) is 0.538. The lowest BCUT2D eigenvalue weighted by Crippen LogP contribution is -2.38. The molecular weight excluding hydrogens is 252 g/mol. The van der Waals surface area contributed by atoms with Crippen LogP contribution >= 0.6 is 11.6 Å². The summed E-state index contributed by atoms with van der Waals surface area (Å²) in [7, 11) is 0. The van der Waals surface area contributed by atoms with E-state index in [-0.39, 0.29) is 0 Å². The van der Waals surface area contributed by atoms with Gasteiger partial charge in [-0.15, -0.1) is 0 Å². The largest absolute Gasteiger partial charge is 0.492 e. The summed E-state index contributed by atoms with van der Waals surface area (Å²) >= 11 is 5.95. The van der Waals surface area contributed by atoms with E-state index >= 15 is 0 Å². The number of ether oxygens (including phenoxy) is 2. The van der Waals surface area contributed by atoms with Gasteiger partial charge in [-0.1, -0.05) is 17.7 Å². The Labute approximate surface area is 113 Å². The first-order chi connectivity index (χ1) is 8.79. The normalized spacial score (nSPS) is 16.8. The smallest absolute Gasteiger partial charge is 0.125 e. The van der Waals surface area contributed by atoms with Crippen LogP contribution in [0.5, 0.6) is 5.75 Å². The van der Waals surface area contributed by atoms with E-state index in [9.17, 15) is 0 Å². The molecule has 0 aliphatic carbocycles. The number of nitrogens with zero attached hydrogens (tertiary/aromatic N) is 1. The van der Waals surface area contributed by atoms with Crippen LogP contribution in [0.25, 0.3) is 0 Å². The third kappa shape index (κ3) is 3.85. The second-order valence-corrected chi connectivity index (χ2v) is 4.70. The molecule has 0 spiro atoms. The fourth-order valence-electron chi connectivity index (χ4n) is 1.94. The van der Waals surface area contributed by atoms with E-state index in [1.165, 1.54) is 0 Å².